The van der Waals surface area contributed by atoms with E-state index in [9.17, 15) is 13.6 Å². The summed E-state index contributed by atoms with van der Waals surface area (Å²) in [4.78, 5) is 10.4. The highest BCUT2D eigenvalue weighted by atomic mass is 19.3. The second-order valence-corrected chi connectivity index (χ2v) is 2.17. The fraction of sp³-hybridized carbons (Fsp3) is 0.857. The number of carbonyl (C=O) groups is 1. The summed E-state index contributed by atoms with van der Waals surface area (Å²) in [6.45, 7) is 0.992. The van der Waals surface area contributed by atoms with Crippen LogP contribution in [0.5, 0.6) is 0 Å². The van der Waals surface area contributed by atoms with Crippen molar-refractivity contribution in [2.24, 2.45) is 0 Å². The third-order valence-electron chi connectivity index (χ3n) is 1.26. The molecule has 0 aromatic carbocycles. The maximum absolute atomic E-state index is 12.3. The molecule has 0 aliphatic heterocycles. The summed E-state index contributed by atoms with van der Waals surface area (Å²) < 4.78 is 33.0. The van der Waals surface area contributed by atoms with Crippen LogP contribution in [0.2, 0.25) is 0 Å². The molecule has 0 bridgehead atoms. The molecule has 12 heavy (non-hydrogen) atoms. The van der Waals surface area contributed by atoms with E-state index >= 15 is 0 Å². The van der Waals surface area contributed by atoms with E-state index in [-0.39, 0.29) is 13.0 Å². The molecule has 0 fully saturated rings. The van der Waals surface area contributed by atoms with Crippen LogP contribution in [0.15, 0.2) is 0 Å². The van der Waals surface area contributed by atoms with Gasteiger partial charge in [0, 0.05) is 6.42 Å². The molecule has 0 spiro atoms. The normalized spacial score (nSPS) is 11.3. The zero-order valence-corrected chi connectivity index (χ0v) is 7.10. The predicted molar refractivity (Wildman–Crippen MR) is 37.8 cm³/mol. The van der Waals surface area contributed by atoms with Gasteiger partial charge >= 0.3 is 12.1 Å². The molecule has 0 N–H and O–H groups in total. The quantitative estimate of drug-likeness (QED) is 0.605. The van der Waals surface area contributed by atoms with Crippen molar-refractivity contribution in [2.45, 2.75) is 25.9 Å². The minimum absolute atomic E-state index is 0.147. The fourth-order valence-electron chi connectivity index (χ4n) is 0.488. The topological polar surface area (TPSA) is 35.5 Å². The first-order chi connectivity index (χ1) is 5.52. The predicted octanol–water partition coefficient (Wildman–Crippen LogP) is 1.57. The SMILES string of the molecule is CCC(F)(F)OCCC(=O)OC. The summed E-state index contributed by atoms with van der Waals surface area (Å²) in [6.07, 6.45) is -3.67. The summed E-state index contributed by atoms with van der Waals surface area (Å²) in [7, 11) is 1.19. The van der Waals surface area contributed by atoms with Crippen molar-refractivity contribution in [1.82, 2.24) is 0 Å². The Morgan fingerprint density at radius 1 is 1.50 bits per heavy atom. The van der Waals surface area contributed by atoms with E-state index in [4.69, 9.17) is 0 Å². The molecule has 0 rings (SSSR count). The van der Waals surface area contributed by atoms with Crippen LogP contribution in [0, 0.1) is 0 Å². The van der Waals surface area contributed by atoms with Crippen molar-refractivity contribution in [3.05, 3.63) is 0 Å². The molecule has 0 aromatic heterocycles. The van der Waals surface area contributed by atoms with Gasteiger partial charge in [0.15, 0.2) is 0 Å². The summed E-state index contributed by atoms with van der Waals surface area (Å²) in [5.74, 6) is -0.554. The van der Waals surface area contributed by atoms with Crippen molar-refractivity contribution < 1.29 is 23.0 Å². The second-order valence-electron chi connectivity index (χ2n) is 2.17. The van der Waals surface area contributed by atoms with Crippen molar-refractivity contribution >= 4 is 5.97 Å². The second kappa shape index (κ2) is 5.03. The highest BCUT2D eigenvalue weighted by Crippen LogP contribution is 2.19. The summed E-state index contributed by atoms with van der Waals surface area (Å²) in [5, 5.41) is 0. The number of hydrogen-bond donors (Lipinski definition) is 0. The lowest BCUT2D eigenvalue weighted by molar-refractivity contribution is -0.239. The summed E-state index contributed by atoms with van der Waals surface area (Å²) in [5.41, 5.74) is 0. The molecule has 0 heterocycles. The average molecular weight is 182 g/mol. The number of esters is 1. The van der Waals surface area contributed by atoms with Gasteiger partial charge in [0.25, 0.3) is 0 Å². The zero-order chi connectivity index (χ0) is 9.61. The van der Waals surface area contributed by atoms with Gasteiger partial charge in [-0.2, -0.15) is 8.78 Å². The van der Waals surface area contributed by atoms with Gasteiger partial charge in [-0.15, -0.1) is 0 Å². The van der Waals surface area contributed by atoms with Crippen molar-refractivity contribution in [3.63, 3.8) is 0 Å². The van der Waals surface area contributed by atoms with Crippen molar-refractivity contribution in [3.8, 4) is 0 Å². The van der Waals surface area contributed by atoms with E-state index in [2.05, 4.69) is 9.47 Å². The highest BCUT2D eigenvalue weighted by Gasteiger charge is 2.26. The van der Waals surface area contributed by atoms with Gasteiger partial charge in [0.05, 0.1) is 20.1 Å². The smallest absolute Gasteiger partial charge is 0.355 e. The summed E-state index contributed by atoms with van der Waals surface area (Å²) >= 11 is 0. The summed E-state index contributed by atoms with van der Waals surface area (Å²) in [6, 6.07) is 0. The first-order valence-corrected chi connectivity index (χ1v) is 3.60. The molecule has 0 aliphatic rings. The van der Waals surface area contributed by atoms with Gasteiger partial charge in [-0.05, 0) is 0 Å². The number of ether oxygens (including phenoxy) is 2. The first-order valence-electron chi connectivity index (χ1n) is 3.60. The highest BCUT2D eigenvalue weighted by molar-refractivity contribution is 5.69. The number of alkyl halides is 2. The molecule has 0 unspecified atom stereocenters. The van der Waals surface area contributed by atoms with Crippen LogP contribution in [0.4, 0.5) is 8.78 Å². The molecule has 0 amide bonds. The van der Waals surface area contributed by atoms with E-state index in [1.54, 1.807) is 0 Å². The van der Waals surface area contributed by atoms with Crippen LogP contribution in [0.25, 0.3) is 0 Å². The van der Waals surface area contributed by atoms with Gasteiger partial charge in [-0.25, -0.2) is 0 Å². The van der Waals surface area contributed by atoms with Gasteiger partial charge in [-0.3, -0.25) is 4.79 Å². The molecule has 0 aromatic rings. The minimum Gasteiger partial charge on any atom is -0.469 e. The van der Waals surface area contributed by atoms with E-state index < -0.39 is 18.5 Å². The molecule has 3 nitrogen and oxygen atoms in total. The van der Waals surface area contributed by atoms with Gasteiger partial charge in [0.1, 0.15) is 0 Å². The first kappa shape index (κ1) is 11.3. The van der Waals surface area contributed by atoms with Crippen LogP contribution in [0.1, 0.15) is 19.8 Å². The Labute approximate surface area is 69.6 Å². The molecular formula is C7H12F2O3. The van der Waals surface area contributed by atoms with Crippen LogP contribution < -0.4 is 0 Å². The lowest BCUT2D eigenvalue weighted by Crippen LogP contribution is -2.21. The Hall–Kier alpha value is -0.710. The van der Waals surface area contributed by atoms with Gasteiger partial charge < -0.3 is 9.47 Å². The lowest BCUT2D eigenvalue weighted by Gasteiger charge is -2.13. The molecule has 0 radical (unpaired) electrons. The van der Waals surface area contributed by atoms with E-state index in [0.29, 0.717) is 0 Å². The standard InChI is InChI=1S/C7H12F2O3/c1-3-7(8,9)12-5-4-6(10)11-2/h3-5H2,1-2H3. The monoisotopic (exact) mass is 182 g/mol. The van der Waals surface area contributed by atoms with E-state index in [1.807, 2.05) is 0 Å². The Morgan fingerprint density at radius 3 is 2.50 bits per heavy atom. The zero-order valence-electron chi connectivity index (χ0n) is 7.10. The number of carbonyl (C=O) groups excluding carboxylic acids is 1. The molecule has 0 saturated carbocycles. The van der Waals surface area contributed by atoms with E-state index in [1.165, 1.54) is 14.0 Å². The third-order valence-corrected chi connectivity index (χ3v) is 1.26. The molecular weight excluding hydrogens is 170 g/mol. The van der Waals surface area contributed by atoms with Gasteiger partial charge in [0.2, 0.25) is 0 Å². The Morgan fingerprint density at radius 2 is 2.08 bits per heavy atom. The number of halogens is 2. The largest absolute Gasteiger partial charge is 0.469 e. The van der Waals surface area contributed by atoms with Crippen LogP contribution in [0.3, 0.4) is 0 Å². The molecule has 0 atom stereocenters. The lowest BCUT2D eigenvalue weighted by atomic mass is 10.4. The number of hydrogen-bond acceptors (Lipinski definition) is 3. The third kappa shape index (κ3) is 5.01. The maximum atomic E-state index is 12.3. The molecule has 0 aliphatic carbocycles. The molecule has 0 saturated heterocycles. The number of methoxy groups -OCH3 is 1. The Kier molecular flexibility index (Phi) is 4.73. The van der Waals surface area contributed by atoms with Crippen LogP contribution >= 0.6 is 0 Å². The van der Waals surface area contributed by atoms with Crippen molar-refractivity contribution in [1.29, 1.82) is 0 Å². The molecule has 5 heteroatoms. The fourth-order valence-corrected chi connectivity index (χ4v) is 0.488. The van der Waals surface area contributed by atoms with E-state index in [0.717, 1.165) is 0 Å². The van der Waals surface area contributed by atoms with Gasteiger partial charge in [-0.1, -0.05) is 6.92 Å². The average Bonchev–Trinajstić information content (AvgIpc) is 2.04. The van der Waals surface area contributed by atoms with Crippen molar-refractivity contribution in [2.75, 3.05) is 13.7 Å². The maximum Gasteiger partial charge on any atom is 0.355 e. The Balaban J connectivity index is 3.49. The molecule has 72 valence electrons. The number of rotatable bonds is 5. The minimum atomic E-state index is -3.13. The Bertz CT molecular complexity index is 148. The van der Waals surface area contributed by atoms with Crippen LogP contribution in [-0.4, -0.2) is 25.8 Å². The van der Waals surface area contributed by atoms with Crippen LogP contribution in [-0.2, 0) is 14.3 Å².